The monoisotopic (exact) mass is 256 g/mol. The third-order valence-corrected chi connectivity index (χ3v) is 4.40. The summed E-state index contributed by atoms with van der Waals surface area (Å²) in [5.74, 6) is -0.140. The van der Waals surface area contributed by atoms with Gasteiger partial charge in [-0.15, -0.1) is 0 Å². The van der Waals surface area contributed by atoms with Crippen molar-refractivity contribution in [2.45, 2.75) is 12.2 Å². The van der Waals surface area contributed by atoms with E-state index in [1.807, 2.05) is 0 Å². The van der Waals surface area contributed by atoms with Crippen LogP contribution >= 0.6 is 0 Å². The molecule has 0 amide bonds. The molecule has 2 saturated heterocycles. The van der Waals surface area contributed by atoms with E-state index in [0.29, 0.717) is 0 Å². The average Bonchev–Trinajstić information content (AvgIpc) is 2.39. The van der Waals surface area contributed by atoms with Crippen LogP contribution in [0.1, 0.15) is 6.42 Å². The van der Waals surface area contributed by atoms with Gasteiger partial charge < -0.3 is 0 Å². The average molecular weight is 256 g/mol. The minimum atomic E-state index is -0.140. The molecule has 60 valence electrons. The molecule has 0 aliphatic carbocycles. The first-order chi connectivity index (χ1) is 4.91. The molecular formula is C6H11INO2-. The zero-order valence-corrected chi connectivity index (χ0v) is 7.89. The third kappa shape index (κ3) is 1.30. The summed E-state index contributed by atoms with van der Waals surface area (Å²) in [7, 11) is 0. The van der Waals surface area contributed by atoms with Crippen LogP contribution in [0.3, 0.4) is 0 Å². The Morgan fingerprint density at radius 3 is 2.70 bits per heavy atom. The van der Waals surface area contributed by atoms with Crippen molar-refractivity contribution >= 4 is 0 Å². The molecule has 1 N–H and O–H groups in total. The van der Waals surface area contributed by atoms with Gasteiger partial charge in [-0.1, -0.05) is 0 Å². The fourth-order valence-corrected chi connectivity index (χ4v) is 3.56. The molecule has 0 radical (unpaired) electrons. The first-order valence-corrected chi connectivity index (χ1v) is 6.11. The molecule has 2 aliphatic rings. The van der Waals surface area contributed by atoms with Gasteiger partial charge in [0.15, 0.2) is 0 Å². The summed E-state index contributed by atoms with van der Waals surface area (Å²) in [6.07, 6.45) is 1.03. The van der Waals surface area contributed by atoms with Crippen LogP contribution in [-0.4, -0.2) is 30.0 Å². The summed E-state index contributed by atoms with van der Waals surface area (Å²) >= 11 is 0.152. The fourth-order valence-electron chi connectivity index (χ4n) is 1.24. The van der Waals surface area contributed by atoms with Crippen LogP contribution in [0.5, 0.6) is 0 Å². The Morgan fingerprint density at radius 2 is 2.10 bits per heavy atom. The predicted molar refractivity (Wildman–Crippen MR) is 32.1 cm³/mol. The summed E-state index contributed by atoms with van der Waals surface area (Å²) in [6, 6.07) is 0. The Labute approximate surface area is 71.1 Å². The van der Waals surface area contributed by atoms with E-state index >= 15 is 0 Å². The summed E-state index contributed by atoms with van der Waals surface area (Å²) in [6.45, 7) is 2.67. The second-order valence-corrected chi connectivity index (χ2v) is 4.80. The van der Waals surface area contributed by atoms with Crippen molar-refractivity contribution in [3.05, 3.63) is 0 Å². The molecule has 10 heavy (non-hydrogen) atoms. The fraction of sp³-hybridized carbons (Fsp3) is 1.00. The van der Waals surface area contributed by atoms with Crippen molar-refractivity contribution in [1.82, 2.24) is 3.53 Å². The predicted octanol–water partition coefficient (Wildman–Crippen LogP) is -3.27. The van der Waals surface area contributed by atoms with Gasteiger partial charge in [-0.05, 0) is 0 Å². The molecule has 0 bridgehead atoms. The van der Waals surface area contributed by atoms with E-state index < -0.39 is 0 Å². The Kier molecular flexibility index (Phi) is 2.13. The molecule has 1 spiro atoms. The summed E-state index contributed by atoms with van der Waals surface area (Å²) in [4.78, 5) is 0. The number of hydrogen-bond donors (Lipinski definition) is 1. The van der Waals surface area contributed by atoms with Gasteiger partial charge in [0.25, 0.3) is 0 Å². The van der Waals surface area contributed by atoms with Crippen LogP contribution < -0.4 is 25.0 Å². The maximum atomic E-state index is 5.55. The standard InChI is InChI=1S/C6H11INO2/c1-2-8-7-5-6(1)9-3-4-10-6/h8H,1-5H2/q-1. The second-order valence-electron chi connectivity index (χ2n) is 2.51. The van der Waals surface area contributed by atoms with Crippen LogP contribution in [0.25, 0.3) is 0 Å². The Bertz CT molecular complexity index is 117. The van der Waals surface area contributed by atoms with Crippen LogP contribution in [-0.2, 0) is 9.47 Å². The van der Waals surface area contributed by atoms with Gasteiger partial charge >= 0.3 is 70.9 Å². The first kappa shape index (κ1) is 7.27. The second kappa shape index (κ2) is 2.92. The molecular weight excluding hydrogens is 245 g/mol. The number of halogens is 1. The SMILES string of the molecule is C1CC2(C[I-]N1)OCCO2. The summed E-state index contributed by atoms with van der Waals surface area (Å²) in [5.41, 5.74) is 0. The van der Waals surface area contributed by atoms with Crippen molar-refractivity contribution in [1.29, 1.82) is 0 Å². The van der Waals surface area contributed by atoms with E-state index in [1.54, 1.807) is 0 Å². The van der Waals surface area contributed by atoms with E-state index in [4.69, 9.17) is 9.47 Å². The van der Waals surface area contributed by atoms with Crippen molar-refractivity contribution in [3.8, 4) is 0 Å². The van der Waals surface area contributed by atoms with Crippen molar-refractivity contribution in [2.75, 3.05) is 24.2 Å². The molecule has 3 nitrogen and oxygen atoms in total. The normalized spacial score (nSPS) is 32.0. The summed E-state index contributed by atoms with van der Waals surface area (Å²) < 4.78 is 15.6. The van der Waals surface area contributed by atoms with E-state index in [2.05, 4.69) is 3.53 Å². The minimum absolute atomic E-state index is 0.140. The molecule has 4 heteroatoms. The first-order valence-electron chi connectivity index (χ1n) is 3.50. The molecule has 0 unspecified atom stereocenters. The van der Waals surface area contributed by atoms with E-state index in [-0.39, 0.29) is 27.3 Å². The zero-order chi connectivity index (χ0) is 6.86. The topological polar surface area (TPSA) is 30.5 Å². The molecule has 2 heterocycles. The molecule has 2 rings (SSSR count). The van der Waals surface area contributed by atoms with E-state index in [9.17, 15) is 0 Å². The Hall–Kier alpha value is 0.610. The van der Waals surface area contributed by atoms with Gasteiger partial charge in [-0.25, -0.2) is 0 Å². The van der Waals surface area contributed by atoms with Gasteiger partial charge in [0.2, 0.25) is 0 Å². The van der Waals surface area contributed by atoms with Crippen molar-refractivity contribution in [3.63, 3.8) is 0 Å². The Morgan fingerprint density at radius 1 is 1.30 bits per heavy atom. The molecule has 0 aromatic rings. The number of ether oxygens (including phenoxy) is 2. The molecule has 0 atom stereocenters. The van der Waals surface area contributed by atoms with Gasteiger partial charge in [0.1, 0.15) is 0 Å². The molecule has 2 fully saturated rings. The molecule has 2 aliphatic heterocycles. The van der Waals surface area contributed by atoms with Gasteiger partial charge in [0.05, 0.1) is 0 Å². The van der Waals surface area contributed by atoms with Gasteiger partial charge in [0, 0.05) is 0 Å². The molecule has 0 saturated carbocycles. The zero-order valence-electron chi connectivity index (χ0n) is 5.73. The van der Waals surface area contributed by atoms with Gasteiger partial charge in [-0.3, -0.25) is 0 Å². The Balaban J connectivity index is 1.98. The van der Waals surface area contributed by atoms with Crippen LogP contribution in [0, 0.1) is 0 Å². The number of alkyl halides is 1. The maximum absolute atomic E-state index is 5.55. The number of nitrogens with one attached hydrogen (secondary N) is 1. The van der Waals surface area contributed by atoms with Crippen molar-refractivity contribution < 1.29 is 31.0 Å². The number of hydrogen-bond acceptors (Lipinski definition) is 3. The van der Waals surface area contributed by atoms with E-state index in [0.717, 1.165) is 30.6 Å². The number of rotatable bonds is 0. The van der Waals surface area contributed by atoms with Gasteiger partial charge in [-0.2, -0.15) is 0 Å². The van der Waals surface area contributed by atoms with Crippen LogP contribution in [0.15, 0.2) is 0 Å². The molecule has 0 aromatic heterocycles. The van der Waals surface area contributed by atoms with Crippen LogP contribution in [0.4, 0.5) is 0 Å². The van der Waals surface area contributed by atoms with E-state index in [1.165, 1.54) is 0 Å². The molecule has 0 aromatic carbocycles. The summed E-state index contributed by atoms with van der Waals surface area (Å²) in [5, 5.41) is 0. The quantitative estimate of drug-likeness (QED) is 0.280. The van der Waals surface area contributed by atoms with Crippen LogP contribution in [0.2, 0.25) is 0 Å². The van der Waals surface area contributed by atoms with Crippen molar-refractivity contribution in [2.24, 2.45) is 0 Å². The third-order valence-electron chi connectivity index (χ3n) is 1.78.